The van der Waals surface area contributed by atoms with Crippen molar-refractivity contribution in [2.75, 3.05) is 5.33 Å². The Balaban J connectivity index is 3.01. The number of carbonyl (C=O) groups excluding carboxylic acids is 1. The van der Waals surface area contributed by atoms with Crippen molar-refractivity contribution in [3.05, 3.63) is 34.9 Å². The average molecular weight is 301 g/mol. The molecule has 0 amide bonds. The van der Waals surface area contributed by atoms with Crippen molar-refractivity contribution in [2.24, 2.45) is 0 Å². The molecular formula is C12H13BrO4. The van der Waals surface area contributed by atoms with Crippen LogP contribution in [0, 0.1) is 6.92 Å². The first-order valence-corrected chi connectivity index (χ1v) is 6.20. The van der Waals surface area contributed by atoms with Crippen LogP contribution in [0.3, 0.4) is 0 Å². The molecule has 0 heterocycles. The van der Waals surface area contributed by atoms with Crippen LogP contribution in [-0.2, 0) is 4.79 Å². The van der Waals surface area contributed by atoms with Crippen LogP contribution in [0.4, 0.5) is 0 Å². The number of aliphatic carboxylic acids is 1. The Kier molecular flexibility index (Phi) is 4.84. The standard InChI is InChI=1S/C12H13BrO4/c1-7-6-8(10(14)4-5-13)2-3-9(7)11(15)12(16)17/h2-3,6,11,15H,4-5H2,1H3,(H,16,17). The van der Waals surface area contributed by atoms with Gasteiger partial charge in [0.05, 0.1) is 0 Å². The number of ketones is 1. The van der Waals surface area contributed by atoms with Crippen molar-refractivity contribution < 1.29 is 19.8 Å². The van der Waals surface area contributed by atoms with E-state index in [1.165, 1.54) is 6.07 Å². The summed E-state index contributed by atoms with van der Waals surface area (Å²) in [4.78, 5) is 22.3. The van der Waals surface area contributed by atoms with E-state index in [1.54, 1.807) is 19.1 Å². The number of Topliss-reactive ketones (excluding diaryl/α,β-unsaturated/α-hetero) is 1. The largest absolute Gasteiger partial charge is 0.479 e. The van der Waals surface area contributed by atoms with Gasteiger partial charge in [0, 0.05) is 17.3 Å². The topological polar surface area (TPSA) is 74.6 Å². The zero-order valence-corrected chi connectivity index (χ0v) is 10.9. The first kappa shape index (κ1) is 13.9. The van der Waals surface area contributed by atoms with Gasteiger partial charge in [-0.2, -0.15) is 0 Å². The summed E-state index contributed by atoms with van der Waals surface area (Å²) < 4.78 is 0. The lowest BCUT2D eigenvalue weighted by atomic mass is 9.98. The molecule has 0 radical (unpaired) electrons. The fourth-order valence-corrected chi connectivity index (χ4v) is 1.88. The molecule has 5 heteroatoms. The van der Waals surface area contributed by atoms with Crippen LogP contribution in [0.5, 0.6) is 0 Å². The van der Waals surface area contributed by atoms with E-state index < -0.39 is 12.1 Å². The SMILES string of the molecule is Cc1cc(C(=O)CCBr)ccc1C(O)C(=O)O. The van der Waals surface area contributed by atoms with Crippen molar-refractivity contribution in [1.29, 1.82) is 0 Å². The lowest BCUT2D eigenvalue weighted by Gasteiger charge is -2.10. The zero-order valence-electron chi connectivity index (χ0n) is 9.31. The van der Waals surface area contributed by atoms with Gasteiger partial charge < -0.3 is 10.2 Å². The van der Waals surface area contributed by atoms with E-state index in [1.807, 2.05) is 0 Å². The molecule has 1 aromatic rings. The first-order valence-electron chi connectivity index (χ1n) is 5.08. The molecule has 0 aliphatic rings. The quantitative estimate of drug-likeness (QED) is 0.645. The van der Waals surface area contributed by atoms with Crippen LogP contribution in [0.25, 0.3) is 0 Å². The summed E-state index contributed by atoms with van der Waals surface area (Å²) in [6.45, 7) is 1.67. The van der Waals surface area contributed by atoms with Gasteiger partial charge in [-0.15, -0.1) is 0 Å². The number of aliphatic hydroxyl groups is 1. The molecule has 1 atom stereocenters. The predicted octanol–water partition coefficient (Wildman–Crippen LogP) is 2.08. The second-order valence-corrected chi connectivity index (χ2v) is 4.47. The fourth-order valence-electron chi connectivity index (χ4n) is 1.52. The van der Waals surface area contributed by atoms with E-state index >= 15 is 0 Å². The second kappa shape index (κ2) is 5.93. The number of carboxylic acid groups (broad SMARTS) is 1. The van der Waals surface area contributed by atoms with E-state index in [0.717, 1.165) is 0 Å². The Labute approximate surface area is 107 Å². The number of alkyl halides is 1. The number of hydrogen-bond donors (Lipinski definition) is 2. The molecule has 1 rings (SSSR count). The average Bonchev–Trinajstić information content (AvgIpc) is 2.28. The van der Waals surface area contributed by atoms with Crippen molar-refractivity contribution in [2.45, 2.75) is 19.4 Å². The normalized spacial score (nSPS) is 12.2. The molecule has 4 nitrogen and oxygen atoms in total. The molecule has 0 bridgehead atoms. The molecular weight excluding hydrogens is 288 g/mol. The minimum absolute atomic E-state index is 0.0126. The molecule has 0 spiro atoms. The predicted molar refractivity (Wildman–Crippen MR) is 66.5 cm³/mol. The summed E-state index contributed by atoms with van der Waals surface area (Å²) in [5, 5.41) is 18.7. The summed E-state index contributed by atoms with van der Waals surface area (Å²) in [6, 6.07) is 4.63. The molecule has 0 aliphatic heterocycles. The van der Waals surface area contributed by atoms with Gasteiger partial charge in [-0.1, -0.05) is 28.1 Å². The summed E-state index contributed by atoms with van der Waals surface area (Å²) in [6.07, 6.45) is -1.16. The van der Waals surface area contributed by atoms with Gasteiger partial charge in [-0.3, -0.25) is 4.79 Å². The molecule has 2 N–H and O–H groups in total. The molecule has 0 saturated carbocycles. The Bertz CT molecular complexity index is 442. The van der Waals surface area contributed by atoms with E-state index in [-0.39, 0.29) is 5.78 Å². The van der Waals surface area contributed by atoms with Crippen LogP contribution >= 0.6 is 15.9 Å². The minimum atomic E-state index is -1.55. The smallest absolute Gasteiger partial charge is 0.337 e. The summed E-state index contributed by atoms with van der Waals surface area (Å²) >= 11 is 3.18. The molecule has 0 aliphatic carbocycles. The molecule has 0 saturated heterocycles. The lowest BCUT2D eigenvalue weighted by Crippen LogP contribution is -2.12. The summed E-state index contributed by atoms with van der Waals surface area (Å²) in [5.41, 5.74) is 1.44. The van der Waals surface area contributed by atoms with E-state index in [0.29, 0.717) is 28.4 Å². The summed E-state index contributed by atoms with van der Waals surface area (Å²) in [7, 11) is 0. The zero-order chi connectivity index (χ0) is 13.0. The van der Waals surface area contributed by atoms with Crippen LogP contribution in [0.2, 0.25) is 0 Å². The highest BCUT2D eigenvalue weighted by atomic mass is 79.9. The number of carboxylic acids is 1. The molecule has 17 heavy (non-hydrogen) atoms. The third-order valence-corrected chi connectivity index (χ3v) is 2.84. The third-order valence-electron chi connectivity index (χ3n) is 2.44. The highest BCUT2D eigenvalue weighted by Gasteiger charge is 2.18. The van der Waals surface area contributed by atoms with Crippen LogP contribution in [0.15, 0.2) is 18.2 Å². The van der Waals surface area contributed by atoms with Gasteiger partial charge in [-0.25, -0.2) is 4.79 Å². The van der Waals surface area contributed by atoms with Crippen molar-refractivity contribution in [3.8, 4) is 0 Å². The fraction of sp³-hybridized carbons (Fsp3) is 0.333. The highest BCUT2D eigenvalue weighted by Crippen LogP contribution is 2.20. The Morgan fingerprint density at radius 1 is 1.41 bits per heavy atom. The Morgan fingerprint density at radius 3 is 2.53 bits per heavy atom. The number of carbonyl (C=O) groups is 2. The molecule has 92 valence electrons. The van der Waals surface area contributed by atoms with Gasteiger partial charge in [0.15, 0.2) is 11.9 Å². The molecule has 0 aromatic heterocycles. The first-order chi connectivity index (χ1) is 7.97. The molecule has 1 unspecified atom stereocenters. The van der Waals surface area contributed by atoms with Crippen LogP contribution in [-0.4, -0.2) is 27.3 Å². The van der Waals surface area contributed by atoms with Crippen LogP contribution < -0.4 is 0 Å². The number of halogens is 1. The van der Waals surface area contributed by atoms with E-state index in [2.05, 4.69) is 15.9 Å². The van der Waals surface area contributed by atoms with Crippen LogP contribution in [0.1, 0.15) is 34.0 Å². The summed E-state index contributed by atoms with van der Waals surface area (Å²) in [5.74, 6) is -1.31. The number of aliphatic hydroxyl groups excluding tert-OH is 1. The van der Waals surface area contributed by atoms with Crippen molar-refractivity contribution in [3.63, 3.8) is 0 Å². The van der Waals surface area contributed by atoms with E-state index in [4.69, 9.17) is 5.11 Å². The molecule has 1 aromatic carbocycles. The number of benzene rings is 1. The van der Waals surface area contributed by atoms with Gasteiger partial charge in [0.2, 0.25) is 0 Å². The Hall–Kier alpha value is -1.20. The maximum atomic E-state index is 11.6. The van der Waals surface area contributed by atoms with Gasteiger partial charge in [-0.05, 0) is 24.1 Å². The van der Waals surface area contributed by atoms with Crippen molar-refractivity contribution in [1.82, 2.24) is 0 Å². The number of hydrogen-bond acceptors (Lipinski definition) is 3. The maximum absolute atomic E-state index is 11.6. The monoisotopic (exact) mass is 300 g/mol. The number of aryl methyl sites for hydroxylation is 1. The lowest BCUT2D eigenvalue weighted by molar-refractivity contribution is -0.147. The van der Waals surface area contributed by atoms with E-state index in [9.17, 15) is 14.7 Å². The third kappa shape index (κ3) is 3.38. The number of rotatable bonds is 5. The van der Waals surface area contributed by atoms with Gasteiger partial charge in [0.25, 0.3) is 0 Å². The Morgan fingerprint density at radius 2 is 2.06 bits per heavy atom. The second-order valence-electron chi connectivity index (χ2n) is 3.67. The highest BCUT2D eigenvalue weighted by molar-refractivity contribution is 9.09. The van der Waals surface area contributed by atoms with Gasteiger partial charge >= 0.3 is 5.97 Å². The van der Waals surface area contributed by atoms with Gasteiger partial charge in [0.1, 0.15) is 0 Å². The van der Waals surface area contributed by atoms with Crippen molar-refractivity contribution >= 4 is 27.7 Å². The minimum Gasteiger partial charge on any atom is -0.479 e. The maximum Gasteiger partial charge on any atom is 0.337 e. The molecule has 0 fully saturated rings.